The van der Waals surface area contributed by atoms with Crippen LogP contribution in [0.5, 0.6) is 0 Å². The van der Waals surface area contributed by atoms with E-state index in [1.807, 2.05) is 6.07 Å². The van der Waals surface area contributed by atoms with Gasteiger partial charge in [-0.25, -0.2) is 4.79 Å². The van der Waals surface area contributed by atoms with Crippen LogP contribution >= 0.6 is 0 Å². The van der Waals surface area contributed by atoms with Gasteiger partial charge in [-0.05, 0) is 5.56 Å². The number of rotatable bonds is 8. The van der Waals surface area contributed by atoms with Crippen molar-refractivity contribution in [3.63, 3.8) is 0 Å². The third-order valence-electron chi connectivity index (χ3n) is 4.21. The summed E-state index contributed by atoms with van der Waals surface area (Å²) in [4.78, 5) is 35.2. The van der Waals surface area contributed by atoms with E-state index in [1.165, 1.54) is 0 Å². The van der Waals surface area contributed by atoms with Crippen LogP contribution in [0.2, 0.25) is 0 Å². The van der Waals surface area contributed by atoms with Gasteiger partial charge in [0, 0.05) is 0 Å². The van der Waals surface area contributed by atoms with E-state index in [-0.39, 0.29) is 19.8 Å². The highest BCUT2D eigenvalue weighted by molar-refractivity contribution is 5.87. The van der Waals surface area contributed by atoms with Crippen LogP contribution in [0.1, 0.15) is 5.56 Å². The highest BCUT2D eigenvalue weighted by Crippen LogP contribution is 2.15. The van der Waals surface area contributed by atoms with Crippen LogP contribution in [-0.4, -0.2) is 83.9 Å². The summed E-state index contributed by atoms with van der Waals surface area (Å²) < 4.78 is 10.1. The number of amides is 3. The van der Waals surface area contributed by atoms with Crippen LogP contribution in [0.25, 0.3) is 0 Å². The summed E-state index contributed by atoms with van der Waals surface area (Å²) in [6.45, 7) is -1.28. The molecule has 29 heavy (non-hydrogen) atoms. The Bertz CT molecular complexity index is 687. The quantitative estimate of drug-likeness (QED) is 0.276. The molecule has 1 aromatic rings. The van der Waals surface area contributed by atoms with Gasteiger partial charge in [-0.2, -0.15) is 0 Å². The van der Waals surface area contributed by atoms with E-state index >= 15 is 0 Å². The monoisotopic (exact) mass is 411 g/mol. The molecule has 1 fully saturated rings. The Morgan fingerprint density at radius 2 is 1.72 bits per heavy atom. The highest BCUT2D eigenvalue weighted by Gasteiger charge is 2.38. The number of aliphatic hydroxyl groups is 3. The van der Waals surface area contributed by atoms with E-state index in [0.717, 1.165) is 5.56 Å². The topological polar surface area (TPSA) is 166 Å². The molecule has 0 radical (unpaired) electrons. The standard InChI is InChI=1S/C18H25N3O8/c22-8-13-17(26)16(25)12(10-28-13)21-15(24)7-19-14(23)6-20-18(27)29-9-11-4-2-1-3-5-11/h1-5,12-13,16-17,22,25-26H,6-10H2,(H,19,23)(H,20,27)(H,21,24)/t12-,13+,16+,17+/m0/s1. The molecular formula is C18H25N3O8. The lowest BCUT2D eigenvalue weighted by atomic mass is 9.98. The van der Waals surface area contributed by atoms with Gasteiger partial charge < -0.3 is 40.7 Å². The van der Waals surface area contributed by atoms with E-state index < -0.39 is 55.4 Å². The van der Waals surface area contributed by atoms with Gasteiger partial charge in [0.05, 0.1) is 25.8 Å². The van der Waals surface area contributed by atoms with Crippen molar-refractivity contribution < 1.29 is 39.2 Å². The minimum atomic E-state index is -1.35. The lowest BCUT2D eigenvalue weighted by molar-refractivity contribution is -0.164. The number of benzene rings is 1. The number of hydrogen-bond donors (Lipinski definition) is 6. The van der Waals surface area contributed by atoms with Crippen molar-refractivity contribution in [3.05, 3.63) is 35.9 Å². The predicted octanol–water partition coefficient (Wildman–Crippen LogP) is -2.37. The van der Waals surface area contributed by atoms with Crippen LogP contribution in [0, 0.1) is 0 Å². The molecule has 0 spiro atoms. The fourth-order valence-corrected chi connectivity index (χ4v) is 2.60. The molecule has 0 unspecified atom stereocenters. The Morgan fingerprint density at radius 1 is 1.03 bits per heavy atom. The number of ether oxygens (including phenoxy) is 2. The molecule has 1 aromatic carbocycles. The molecule has 0 aliphatic carbocycles. The van der Waals surface area contributed by atoms with Crippen LogP contribution in [0.15, 0.2) is 30.3 Å². The molecule has 1 aliphatic heterocycles. The summed E-state index contributed by atoms with van der Waals surface area (Å²) in [5.74, 6) is -1.23. The zero-order valence-corrected chi connectivity index (χ0v) is 15.6. The molecule has 4 atom stereocenters. The van der Waals surface area contributed by atoms with Gasteiger partial charge in [0.25, 0.3) is 0 Å². The summed E-state index contributed by atoms with van der Waals surface area (Å²) in [7, 11) is 0. The fraction of sp³-hybridized carbons (Fsp3) is 0.500. The first kappa shape index (κ1) is 22.6. The van der Waals surface area contributed by atoms with Crippen molar-refractivity contribution in [3.8, 4) is 0 Å². The van der Waals surface area contributed by atoms with Gasteiger partial charge in [-0.15, -0.1) is 0 Å². The average molecular weight is 411 g/mol. The van der Waals surface area contributed by atoms with Gasteiger partial charge in [-0.3, -0.25) is 9.59 Å². The Balaban J connectivity index is 1.62. The molecule has 11 nitrogen and oxygen atoms in total. The maximum Gasteiger partial charge on any atom is 0.407 e. The minimum absolute atomic E-state index is 0.0610. The third kappa shape index (κ3) is 7.31. The van der Waals surface area contributed by atoms with E-state index in [4.69, 9.17) is 14.6 Å². The highest BCUT2D eigenvalue weighted by atomic mass is 16.5. The summed E-state index contributed by atoms with van der Waals surface area (Å²) in [5, 5.41) is 35.7. The van der Waals surface area contributed by atoms with Crippen molar-refractivity contribution in [1.82, 2.24) is 16.0 Å². The second-order valence-corrected chi connectivity index (χ2v) is 6.40. The van der Waals surface area contributed by atoms with Crippen molar-refractivity contribution >= 4 is 17.9 Å². The summed E-state index contributed by atoms with van der Waals surface area (Å²) >= 11 is 0. The second-order valence-electron chi connectivity index (χ2n) is 6.40. The Labute approximate surface area is 167 Å². The van der Waals surface area contributed by atoms with Crippen LogP contribution in [-0.2, 0) is 25.7 Å². The molecule has 0 saturated carbocycles. The number of hydrogen-bond acceptors (Lipinski definition) is 8. The first-order chi connectivity index (χ1) is 13.9. The number of aliphatic hydroxyl groups excluding tert-OH is 3. The number of carbonyl (C=O) groups is 3. The van der Waals surface area contributed by atoms with Crippen molar-refractivity contribution in [1.29, 1.82) is 0 Å². The second kappa shape index (κ2) is 11.3. The molecule has 2 rings (SSSR count). The summed E-state index contributed by atoms with van der Waals surface area (Å²) in [6.07, 6.45) is -4.37. The molecular weight excluding hydrogens is 386 g/mol. The van der Waals surface area contributed by atoms with Crippen LogP contribution in [0.4, 0.5) is 4.79 Å². The number of carbonyl (C=O) groups excluding carboxylic acids is 3. The normalized spacial score (nSPS) is 23.7. The fourth-order valence-electron chi connectivity index (χ4n) is 2.60. The minimum Gasteiger partial charge on any atom is -0.445 e. The van der Waals surface area contributed by atoms with Gasteiger partial charge in [0.1, 0.15) is 31.5 Å². The van der Waals surface area contributed by atoms with E-state index in [1.54, 1.807) is 24.3 Å². The van der Waals surface area contributed by atoms with Crippen molar-refractivity contribution in [2.24, 2.45) is 0 Å². The van der Waals surface area contributed by atoms with Gasteiger partial charge in [0.2, 0.25) is 11.8 Å². The Hall–Kier alpha value is -2.73. The molecule has 1 aliphatic rings. The van der Waals surface area contributed by atoms with E-state index in [9.17, 15) is 24.6 Å². The summed E-state index contributed by atoms with van der Waals surface area (Å²) in [5.41, 5.74) is 0.799. The number of nitrogens with one attached hydrogen (secondary N) is 3. The third-order valence-corrected chi connectivity index (χ3v) is 4.21. The summed E-state index contributed by atoms with van der Waals surface area (Å²) in [6, 6.07) is 8.13. The molecule has 1 saturated heterocycles. The van der Waals surface area contributed by atoms with Gasteiger partial charge >= 0.3 is 6.09 Å². The zero-order chi connectivity index (χ0) is 21.2. The predicted molar refractivity (Wildman–Crippen MR) is 98.4 cm³/mol. The lowest BCUT2D eigenvalue weighted by Crippen LogP contribution is -2.60. The van der Waals surface area contributed by atoms with E-state index in [0.29, 0.717) is 0 Å². The van der Waals surface area contributed by atoms with Crippen LogP contribution < -0.4 is 16.0 Å². The molecule has 0 aromatic heterocycles. The molecule has 0 bridgehead atoms. The molecule has 160 valence electrons. The molecule has 6 N–H and O–H groups in total. The molecule has 11 heteroatoms. The Kier molecular flexibility index (Phi) is 8.80. The SMILES string of the molecule is O=C(CNC(=O)OCc1ccccc1)NCC(=O)N[C@H]1CO[C@H](CO)[C@@H](O)[C@@H]1O. The van der Waals surface area contributed by atoms with E-state index in [2.05, 4.69) is 16.0 Å². The molecule has 1 heterocycles. The van der Waals surface area contributed by atoms with Crippen LogP contribution in [0.3, 0.4) is 0 Å². The average Bonchev–Trinajstić information content (AvgIpc) is 2.73. The maximum atomic E-state index is 11.9. The zero-order valence-electron chi connectivity index (χ0n) is 15.6. The number of alkyl carbamates (subject to hydrolysis) is 1. The van der Waals surface area contributed by atoms with Gasteiger partial charge in [-0.1, -0.05) is 30.3 Å². The smallest absolute Gasteiger partial charge is 0.407 e. The first-order valence-electron chi connectivity index (χ1n) is 9.00. The largest absolute Gasteiger partial charge is 0.445 e. The van der Waals surface area contributed by atoms with Crippen molar-refractivity contribution in [2.45, 2.75) is 31.0 Å². The maximum absolute atomic E-state index is 11.9. The van der Waals surface area contributed by atoms with Crippen molar-refractivity contribution in [2.75, 3.05) is 26.3 Å². The Morgan fingerprint density at radius 3 is 2.41 bits per heavy atom. The lowest BCUT2D eigenvalue weighted by Gasteiger charge is -2.37. The van der Waals surface area contributed by atoms with Gasteiger partial charge in [0.15, 0.2) is 0 Å². The molecule has 3 amide bonds. The first-order valence-corrected chi connectivity index (χ1v) is 9.00.